The molecule has 1 unspecified atom stereocenters. The summed E-state index contributed by atoms with van der Waals surface area (Å²) >= 11 is 0. The van der Waals surface area contributed by atoms with Crippen LogP contribution in [0.2, 0.25) is 0 Å². The van der Waals surface area contributed by atoms with Crippen LogP contribution >= 0.6 is 0 Å². The van der Waals surface area contributed by atoms with Gasteiger partial charge < -0.3 is 0 Å². The van der Waals surface area contributed by atoms with Crippen molar-refractivity contribution in [3.8, 4) is 0 Å². The van der Waals surface area contributed by atoms with Crippen molar-refractivity contribution in [2.45, 2.75) is 46.5 Å². The molecule has 0 aliphatic heterocycles. The van der Waals surface area contributed by atoms with E-state index in [4.69, 9.17) is 0 Å². The lowest BCUT2D eigenvalue weighted by molar-refractivity contribution is 0.313. The van der Waals surface area contributed by atoms with E-state index in [0.717, 1.165) is 11.3 Å². The molecule has 0 aromatic carbocycles. The Hall–Kier alpha value is 0. The molecule has 0 heteroatoms. The van der Waals surface area contributed by atoms with E-state index in [1.807, 2.05) is 0 Å². The average molecular weight is 126 g/mol. The van der Waals surface area contributed by atoms with Crippen LogP contribution in [0.5, 0.6) is 0 Å². The molecule has 0 radical (unpaired) electrons. The minimum Gasteiger partial charge on any atom is -0.0651 e. The molecule has 0 spiro atoms. The van der Waals surface area contributed by atoms with Gasteiger partial charge in [0.15, 0.2) is 0 Å². The summed E-state index contributed by atoms with van der Waals surface area (Å²) in [5.41, 5.74) is 0.800. The van der Waals surface area contributed by atoms with Gasteiger partial charge in [0.25, 0.3) is 0 Å². The maximum absolute atomic E-state index is 2.40. The normalized spacial score (nSPS) is 25.7. The van der Waals surface area contributed by atoms with Crippen LogP contribution in [-0.2, 0) is 0 Å². The number of hydrogen-bond donors (Lipinski definition) is 0. The fourth-order valence-corrected chi connectivity index (χ4v) is 1.79. The fourth-order valence-electron chi connectivity index (χ4n) is 1.79. The summed E-state index contributed by atoms with van der Waals surface area (Å²) in [6, 6.07) is 0. The zero-order valence-electron chi connectivity index (χ0n) is 6.91. The third-order valence-electron chi connectivity index (χ3n) is 3.25. The lowest BCUT2D eigenvalue weighted by Crippen LogP contribution is -2.09. The predicted octanol–water partition coefficient (Wildman–Crippen LogP) is 3.22. The number of hydrogen-bond acceptors (Lipinski definition) is 0. The molecule has 0 nitrogen and oxygen atoms in total. The first-order valence-corrected chi connectivity index (χ1v) is 4.25. The van der Waals surface area contributed by atoms with Gasteiger partial charge in [0, 0.05) is 0 Å². The van der Waals surface area contributed by atoms with Crippen molar-refractivity contribution < 1.29 is 0 Å². The van der Waals surface area contributed by atoms with Crippen LogP contribution in [0.3, 0.4) is 0 Å². The van der Waals surface area contributed by atoms with Gasteiger partial charge in [-0.3, -0.25) is 0 Å². The molecule has 0 bridgehead atoms. The second kappa shape index (κ2) is 2.32. The summed E-state index contributed by atoms with van der Waals surface area (Å²) in [4.78, 5) is 0. The number of rotatable bonds is 3. The van der Waals surface area contributed by atoms with Crippen molar-refractivity contribution in [3.05, 3.63) is 0 Å². The van der Waals surface area contributed by atoms with Crippen LogP contribution in [0.1, 0.15) is 46.5 Å². The third kappa shape index (κ3) is 1.12. The van der Waals surface area contributed by atoms with Crippen molar-refractivity contribution in [2.75, 3.05) is 0 Å². The van der Waals surface area contributed by atoms with Crippen molar-refractivity contribution in [1.82, 2.24) is 0 Å². The van der Waals surface area contributed by atoms with Crippen LogP contribution in [0, 0.1) is 11.3 Å². The maximum atomic E-state index is 2.40. The SMILES string of the molecule is CCC(C)C1(CC)CC1. The zero-order valence-corrected chi connectivity index (χ0v) is 6.91. The van der Waals surface area contributed by atoms with Crippen molar-refractivity contribution in [2.24, 2.45) is 11.3 Å². The van der Waals surface area contributed by atoms with Gasteiger partial charge in [-0.15, -0.1) is 0 Å². The molecule has 1 aliphatic rings. The van der Waals surface area contributed by atoms with Gasteiger partial charge in [-0.1, -0.05) is 33.6 Å². The van der Waals surface area contributed by atoms with Crippen molar-refractivity contribution in [1.29, 1.82) is 0 Å². The van der Waals surface area contributed by atoms with Crippen LogP contribution in [0.15, 0.2) is 0 Å². The summed E-state index contributed by atoms with van der Waals surface area (Å²) in [5, 5.41) is 0. The van der Waals surface area contributed by atoms with Gasteiger partial charge in [-0.05, 0) is 24.2 Å². The lowest BCUT2D eigenvalue weighted by Gasteiger charge is -2.19. The van der Waals surface area contributed by atoms with Gasteiger partial charge >= 0.3 is 0 Å². The zero-order chi connectivity index (χ0) is 6.91. The monoisotopic (exact) mass is 126 g/mol. The van der Waals surface area contributed by atoms with E-state index in [2.05, 4.69) is 20.8 Å². The quantitative estimate of drug-likeness (QED) is 0.544. The molecule has 0 aromatic rings. The van der Waals surface area contributed by atoms with Gasteiger partial charge in [-0.2, -0.15) is 0 Å². The van der Waals surface area contributed by atoms with Crippen LogP contribution in [0.4, 0.5) is 0 Å². The molecule has 9 heavy (non-hydrogen) atoms. The second-order valence-corrected chi connectivity index (χ2v) is 3.53. The first-order valence-electron chi connectivity index (χ1n) is 4.25. The van der Waals surface area contributed by atoms with Gasteiger partial charge in [0.2, 0.25) is 0 Å². The Morgan fingerprint density at radius 3 is 2.00 bits per heavy atom. The highest BCUT2D eigenvalue weighted by Crippen LogP contribution is 2.55. The van der Waals surface area contributed by atoms with Crippen LogP contribution < -0.4 is 0 Å². The molecule has 1 fully saturated rings. The molecule has 0 heterocycles. The molecule has 1 aliphatic carbocycles. The van der Waals surface area contributed by atoms with E-state index < -0.39 is 0 Å². The van der Waals surface area contributed by atoms with Crippen molar-refractivity contribution in [3.63, 3.8) is 0 Å². The highest BCUT2D eigenvalue weighted by atomic mass is 14.5. The van der Waals surface area contributed by atoms with E-state index in [1.165, 1.54) is 25.7 Å². The summed E-state index contributed by atoms with van der Waals surface area (Å²) < 4.78 is 0. The molecule has 0 saturated heterocycles. The van der Waals surface area contributed by atoms with E-state index in [9.17, 15) is 0 Å². The van der Waals surface area contributed by atoms with Gasteiger partial charge in [0.05, 0.1) is 0 Å². The Morgan fingerprint density at radius 1 is 1.33 bits per heavy atom. The molecular formula is C9H18. The Balaban J connectivity index is 2.39. The Labute approximate surface area is 58.7 Å². The molecule has 1 rings (SSSR count). The van der Waals surface area contributed by atoms with Crippen LogP contribution in [0.25, 0.3) is 0 Å². The molecule has 0 N–H and O–H groups in total. The first-order chi connectivity index (χ1) is 4.25. The van der Waals surface area contributed by atoms with Crippen molar-refractivity contribution >= 4 is 0 Å². The minimum atomic E-state index is 0.800. The van der Waals surface area contributed by atoms with Gasteiger partial charge in [0.1, 0.15) is 0 Å². The highest BCUT2D eigenvalue weighted by molar-refractivity contribution is 4.94. The highest BCUT2D eigenvalue weighted by Gasteiger charge is 2.44. The van der Waals surface area contributed by atoms with E-state index in [1.54, 1.807) is 0 Å². The second-order valence-electron chi connectivity index (χ2n) is 3.53. The molecule has 1 saturated carbocycles. The maximum Gasteiger partial charge on any atom is -0.0274 e. The average Bonchev–Trinajstić information content (AvgIpc) is 2.66. The van der Waals surface area contributed by atoms with E-state index in [-0.39, 0.29) is 0 Å². The van der Waals surface area contributed by atoms with E-state index in [0.29, 0.717) is 0 Å². The molecular weight excluding hydrogens is 108 g/mol. The third-order valence-corrected chi connectivity index (χ3v) is 3.25. The molecule has 1 atom stereocenters. The van der Waals surface area contributed by atoms with Gasteiger partial charge in [-0.25, -0.2) is 0 Å². The molecule has 54 valence electrons. The molecule has 0 aromatic heterocycles. The van der Waals surface area contributed by atoms with E-state index >= 15 is 0 Å². The minimum absolute atomic E-state index is 0.800. The standard InChI is InChI=1S/C9H18/c1-4-8(3)9(5-2)6-7-9/h8H,4-7H2,1-3H3. The Morgan fingerprint density at radius 2 is 1.89 bits per heavy atom. The fraction of sp³-hybridized carbons (Fsp3) is 1.00. The summed E-state index contributed by atoms with van der Waals surface area (Å²) in [5.74, 6) is 0.975. The Bertz CT molecular complexity index is 90.2. The molecule has 0 amide bonds. The van der Waals surface area contributed by atoms with Crippen LogP contribution in [-0.4, -0.2) is 0 Å². The summed E-state index contributed by atoms with van der Waals surface area (Å²) in [7, 11) is 0. The lowest BCUT2D eigenvalue weighted by atomic mass is 9.86. The predicted molar refractivity (Wildman–Crippen MR) is 41.4 cm³/mol. The summed E-state index contributed by atoms with van der Waals surface area (Å²) in [6.07, 6.45) is 5.77. The topological polar surface area (TPSA) is 0 Å². The smallest absolute Gasteiger partial charge is 0.0274 e. The summed E-state index contributed by atoms with van der Waals surface area (Å²) in [6.45, 7) is 7.04. The largest absolute Gasteiger partial charge is 0.0651 e. The first kappa shape index (κ1) is 7.11. The Kier molecular flexibility index (Phi) is 1.83.